The largest absolute Gasteiger partial charge is 0.449 e. The van der Waals surface area contributed by atoms with Gasteiger partial charge in [0.25, 0.3) is 0 Å². The minimum Gasteiger partial charge on any atom is -0.449 e. The van der Waals surface area contributed by atoms with Crippen LogP contribution in [-0.4, -0.2) is 43.1 Å². The van der Waals surface area contributed by atoms with Gasteiger partial charge in [-0.2, -0.15) is 5.26 Å². The fourth-order valence-electron chi connectivity index (χ4n) is 2.95. The van der Waals surface area contributed by atoms with Gasteiger partial charge in [0.1, 0.15) is 13.2 Å². The van der Waals surface area contributed by atoms with Crippen molar-refractivity contribution in [2.45, 2.75) is 46.0 Å². The number of carbonyl (C=O) groups is 2. The Balaban J connectivity index is 2.62. The number of rotatable bonds is 7. The number of ether oxygens (including phenoxy) is 1. The second-order valence-corrected chi connectivity index (χ2v) is 5.63. The lowest BCUT2D eigenvalue weighted by Gasteiger charge is -2.29. The quantitative estimate of drug-likeness (QED) is 0.732. The predicted molar refractivity (Wildman–Crippen MR) is 83.0 cm³/mol. The van der Waals surface area contributed by atoms with Crippen LogP contribution in [0.5, 0.6) is 0 Å². The molecular weight excluding hydrogens is 282 g/mol. The highest BCUT2D eigenvalue weighted by Crippen LogP contribution is 2.30. The zero-order chi connectivity index (χ0) is 16.4. The van der Waals surface area contributed by atoms with Crippen LogP contribution < -0.4 is 5.32 Å². The number of nitrogens with zero attached hydrogens (tertiary/aromatic N) is 2. The molecule has 1 aliphatic rings. The molecule has 6 heteroatoms. The van der Waals surface area contributed by atoms with Crippen molar-refractivity contribution in [1.29, 1.82) is 5.26 Å². The van der Waals surface area contributed by atoms with Crippen molar-refractivity contribution in [3.8, 4) is 6.07 Å². The average molecular weight is 309 g/mol. The molecule has 1 aliphatic carbocycles. The first-order chi connectivity index (χ1) is 10.6. The summed E-state index contributed by atoms with van der Waals surface area (Å²) < 4.78 is 5.35. The molecule has 124 valence electrons. The Morgan fingerprint density at radius 3 is 2.45 bits per heavy atom. The SMILES string of the molecule is CCN(CC)C(=O)OCC(C(=O)NCC#N)C1CCCCC1. The van der Waals surface area contributed by atoms with Gasteiger partial charge in [-0.15, -0.1) is 0 Å². The zero-order valence-electron chi connectivity index (χ0n) is 13.6. The summed E-state index contributed by atoms with van der Waals surface area (Å²) in [6.07, 6.45) is 5.00. The highest BCUT2D eigenvalue weighted by molar-refractivity contribution is 5.79. The number of amides is 2. The fourth-order valence-corrected chi connectivity index (χ4v) is 2.95. The van der Waals surface area contributed by atoms with Crippen molar-refractivity contribution in [3.05, 3.63) is 0 Å². The van der Waals surface area contributed by atoms with E-state index in [4.69, 9.17) is 10.00 Å². The lowest BCUT2D eigenvalue weighted by Crippen LogP contribution is -2.40. The molecule has 2 amide bonds. The second-order valence-electron chi connectivity index (χ2n) is 5.63. The van der Waals surface area contributed by atoms with Crippen LogP contribution in [0, 0.1) is 23.2 Å². The van der Waals surface area contributed by atoms with Gasteiger partial charge in [0.15, 0.2) is 0 Å². The molecule has 1 rings (SSSR count). The summed E-state index contributed by atoms with van der Waals surface area (Å²) >= 11 is 0. The maximum atomic E-state index is 12.3. The number of hydrogen-bond acceptors (Lipinski definition) is 4. The minimum absolute atomic E-state index is 0.00789. The Kier molecular flexibility index (Phi) is 8.34. The maximum absolute atomic E-state index is 12.3. The van der Waals surface area contributed by atoms with Gasteiger partial charge in [-0.1, -0.05) is 19.3 Å². The fraction of sp³-hybridized carbons (Fsp3) is 0.812. The Bertz CT molecular complexity index is 396. The molecule has 0 spiro atoms. The summed E-state index contributed by atoms with van der Waals surface area (Å²) in [5, 5.41) is 11.2. The summed E-state index contributed by atoms with van der Waals surface area (Å²) in [6, 6.07) is 1.91. The van der Waals surface area contributed by atoms with E-state index >= 15 is 0 Å². The molecule has 0 aliphatic heterocycles. The molecule has 1 saturated carbocycles. The number of nitriles is 1. The van der Waals surface area contributed by atoms with Crippen LogP contribution in [-0.2, 0) is 9.53 Å². The first-order valence-corrected chi connectivity index (χ1v) is 8.20. The molecule has 1 unspecified atom stereocenters. The van der Waals surface area contributed by atoms with Gasteiger partial charge in [-0.05, 0) is 32.6 Å². The number of hydrogen-bond donors (Lipinski definition) is 1. The molecule has 0 aromatic carbocycles. The molecule has 0 radical (unpaired) electrons. The lowest BCUT2D eigenvalue weighted by molar-refractivity contribution is -0.128. The summed E-state index contributed by atoms with van der Waals surface area (Å²) in [5.41, 5.74) is 0. The normalized spacial score (nSPS) is 16.4. The highest BCUT2D eigenvalue weighted by Gasteiger charge is 2.31. The Labute approximate surface area is 132 Å². The molecule has 1 fully saturated rings. The number of carbonyl (C=O) groups excluding carboxylic acids is 2. The Hall–Kier alpha value is -1.77. The van der Waals surface area contributed by atoms with E-state index < -0.39 is 0 Å². The van der Waals surface area contributed by atoms with E-state index in [0.717, 1.165) is 25.7 Å². The van der Waals surface area contributed by atoms with Crippen LogP contribution in [0.25, 0.3) is 0 Å². The highest BCUT2D eigenvalue weighted by atomic mass is 16.6. The molecule has 22 heavy (non-hydrogen) atoms. The van der Waals surface area contributed by atoms with E-state index in [0.29, 0.717) is 13.1 Å². The third-order valence-electron chi connectivity index (χ3n) is 4.31. The monoisotopic (exact) mass is 309 g/mol. The van der Waals surface area contributed by atoms with E-state index in [1.54, 1.807) is 4.90 Å². The predicted octanol–water partition coefficient (Wildman–Crippen LogP) is 2.30. The van der Waals surface area contributed by atoms with E-state index in [1.807, 2.05) is 19.9 Å². The average Bonchev–Trinajstić information content (AvgIpc) is 2.55. The third kappa shape index (κ3) is 5.55. The van der Waals surface area contributed by atoms with Crippen molar-refractivity contribution in [2.75, 3.05) is 26.2 Å². The molecule has 1 atom stereocenters. The zero-order valence-corrected chi connectivity index (χ0v) is 13.6. The molecule has 6 nitrogen and oxygen atoms in total. The smallest absolute Gasteiger partial charge is 0.409 e. The topological polar surface area (TPSA) is 82.4 Å². The van der Waals surface area contributed by atoms with Crippen molar-refractivity contribution in [3.63, 3.8) is 0 Å². The summed E-state index contributed by atoms with van der Waals surface area (Å²) in [7, 11) is 0. The molecule has 0 bridgehead atoms. The molecule has 0 heterocycles. The van der Waals surface area contributed by atoms with Crippen LogP contribution in [0.1, 0.15) is 46.0 Å². The van der Waals surface area contributed by atoms with Crippen molar-refractivity contribution < 1.29 is 14.3 Å². The Morgan fingerprint density at radius 2 is 1.91 bits per heavy atom. The first-order valence-electron chi connectivity index (χ1n) is 8.20. The van der Waals surface area contributed by atoms with Crippen molar-refractivity contribution in [1.82, 2.24) is 10.2 Å². The van der Waals surface area contributed by atoms with Crippen LogP contribution in [0.4, 0.5) is 4.79 Å². The van der Waals surface area contributed by atoms with Gasteiger partial charge >= 0.3 is 6.09 Å². The van der Waals surface area contributed by atoms with Gasteiger partial charge in [0.2, 0.25) is 5.91 Å². The molecular formula is C16H27N3O3. The summed E-state index contributed by atoms with van der Waals surface area (Å²) in [6.45, 7) is 5.05. The molecule has 0 aromatic heterocycles. The second kappa shape index (κ2) is 10.0. The van der Waals surface area contributed by atoms with Gasteiger partial charge in [-0.3, -0.25) is 4.79 Å². The van der Waals surface area contributed by atoms with E-state index in [9.17, 15) is 9.59 Å². The standard InChI is InChI=1S/C16H27N3O3/c1-3-19(4-2)16(21)22-12-14(15(20)18-11-10-17)13-8-6-5-7-9-13/h13-14H,3-9,11-12H2,1-2H3,(H,18,20). The van der Waals surface area contributed by atoms with E-state index in [2.05, 4.69) is 5.32 Å². The Morgan fingerprint density at radius 1 is 1.27 bits per heavy atom. The summed E-state index contributed by atoms with van der Waals surface area (Å²) in [4.78, 5) is 25.8. The molecule has 0 aromatic rings. The van der Waals surface area contributed by atoms with Crippen LogP contribution in [0.3, 0.4) is 0 Å². The van der Waals surface area contributed by atoms with Gasteiger partial charge in [0, 0.05) is 13.1 Å². The lowest BCUT2D eigenvalue weighted by atomic mass is 9.80. The third-order valence-corrected chi connectivity index (χ3v) is 4.31. The van der Waals surface area contributed by atoms with E-state index in [1.165, 1.54) is 6.42 Å². The van der Waals surface area contributed by atoms with Crippen LogP contribution in [0.2, 0.25) is 0 Å². The molecule has 1 N–H and O–H groups in total. The van der Waals surface area contributed by atoms with Crippen LogP contribution in [0.15, 0.2) is 0 Å². The maximum Gasteiger partial charge on any atom is 0.409 e. The minimum atomic E-state index is -0.376. The van der Waals surface area contributed by atoms with Gasteiger partial charge in [0.05, 0.1) is 12.0 Å². The first kappa shape index (κ1) is 18.3. The van der Waals surface area contributed by atoms with Gasteiger partial charge < -0.3 is 15.0 Å². The summed E-state index contributed by atoms with van der Waals surface area (Å²) in [5.74, 6) is -0.300. The van der Waals surface area contributed by atoms with Crippen LogP contribution >= 0.6 is 0 Å². The van der Waals surface area contributed by atoms with E-state index in [-0.39, 0.29) is 37.0 Å². The molecule has 0 saturated heterocycles. The van der Waals surface area contributed by atoms with Crippen molar-refractivity contribution >= 4 is 12.0 Å². The van der Waals surface area contributed by atoms with Gasteiger partial charge in [-0.25, -0.2) is 4.79 Å². The van der Waals surface area contributed by atoms with Crippen molar-refractivity contribution in [2.24, 2.45) is 11.8 Å². The number of nitrogens with one attached hydrogen (secondary N) is 1.